The summed E-state index contributed by atoms with van der Waals surface area (Å²) in [6, 6.07) is 3.77. The summed E-state index contributed by atoms with van der Waals surface area (Å²) in [7, 11) is 0. The first kappa shape index (κ1) is 15.0. The van der Waals surface area contributed by atoms with Gasteiger partial charge in [-0.1, -0.05) is 6.07 Å². The van der Waals surface area contributed by atoms with Crippen LogP contribution >= 0.6 is 0 Å². The number of carbonyl (C=O) groups excluding carboxylic acids is 2. The van der Waals surface area contributed by atoms with Crippen molar-refractivity contribution in [2.45, 2.75) is 32.4 Å². The van der Waals surface area contributed by atoms with E-state index in [2.05, 4.69) is 10.3 Å². The Morgan fingerprint density at radius 1 is 1.55 bits per heavy atom. The predicted octanol–water partition coefficient (Wildman–Crippen LogP) is 0.725. The van der Waals surface area contributed by atoms with Crippen molar-refractivity contribution in [1.29, 1.82) is 0 Å². The number of ether oxygens (including phenoxy) is 1. The number of amides is 2. The summed E-state index contributed by atoms with van der Waals surface area (Å²) in [5, 5.41) is 2.99. The van der Waals surface area contributed by atoms with E-state index in [0.717, 1.165) is 12.0 Å². The first-order valence-electron chi connectivity index (χ1n) is 7.66. The van der Waals surface area contributed by atoms with Gasteiger partial charge in [0.2, 0.25) is 11.8 Å². The zero-order valence-electron chi connectivity index (χ0n) is 12.7. The highest BCUT2D eigenvalue weighted by Gasteiger charge is 2.53. The molecule has 2 aliphatic rings. The molecule has 3 heterocycles. The second kappa shape index (κ2) is 6.04. The molecule has 0 aromatic carbocycles. The van der Waals surface area contributed by atoms with Gasteiger partial charge in [0.05, 0.1) is 11.5 Å². The van der Waals surface area contributed by atoms with Crippen molar-refractivity contribution < 1.29 is 14.3 Å². The minimum absolute atomic E-state index is 0.0183. The maximum atomic E-state index is 12.8. The van der Waals surface area contributed by atoms with E-state index in [-0.39, 0.29) is 17.9 Å². The number of nitrogens with one attached hydrogen (secondary N) is 1. The molecule has 0 saturated carbocycles. The lowest BCUT2D eigenvalue weighted by Gasteiger charge is -2.42. The van der Waals surface area contributed by atoms with Crippen LogP contribution in [0.3, 0.4) is 0 Å². The fourth-order valence-electron chi connectivity index (χ4n) is 3.40. The lowest BCUT2D eigenvalue weighted by molar-refractivity contribution is -0.145. The second-order valence-electron chi connectivity index (χ2n) is 6.04. The van der Waals surface area contributed by atoms with Gasteiger partial charge in [0.25, 0.3) is 0 Å². The van der Waals surface area contributed by atoms with Crippen molar-refractivity contribution in [1.82, 2.24) is 15.2 Å². The highest BCUT2D eigenvalue weighted by molar-refractivity contribution is 5.85. The number of carbonyl (C=O) groups is 2. The molecule has 2 fully saturated rings. The SMILES string of the molecule is CC(=O)N1CC[C@H]2OCC[C@@]2(C(=O)NCc2cccnc2)C1. The number of hydrogen-bond donors (Lipinski definition) is 1. The van der Waals surface area contributed by atoms with E-state index in [1.807, 2.05) is 12.1 Å². The molecule has 0 bridgehead atoms. The first-order valence-corrected chi connectivity index (χ1v) is 7.66. The predicted molar refractivity (Wildman–Crippen MR) is 79.7 cm³/mol. The van der Waals surface area contributed by atoms with E-state index >= 15 is 0 Å². The molecule has 0 radical (unpaired) electrons. The number of pyridine rings is 1. The van der Waals surface area contributed by atoms with Crippen LogP contribution in [0.25, 0.3) is 0 Å². The van der Waals surface area contributed by atoms with Crippen molar-refractivity contribution in [2.24, 2.45) is 5.41 Å². The third kappa shape index (κ3) is 2.70. The molecule has 2 amide bonds. The van der Waals surface area contributed by atoms with Gasteiger partial charge in [0.15, 0.2) is 0 Å². The quantitative estimate of drug-likeness (QED) is 0.893. The van der Waals surface area contributed by atoms with Crippen LogP contribution in [-0.2, 0) is 20.9 Å². The molecule has 3 rings (SSSR count). The first-order chi connectivity index (χ1) is 10.6. The topological polar surface area (TPSA) is 71.5 Å². The maximum absolute atomic E-state index is 12.8. The number of hydrogen-bond acceptors (Lipinski definition) is 4. The molecule has 6 heteroatoms. The summed E-state index contributed by atoms with van der Waals surface area (Å²) in [6.07, 6.45) is 4.75. The zero-order valence-corrected chi connectivity index (χ0v) is 12.7. The Kier molecular flexibility index (Phi) is 4.11. The summed E-state index contributed by atoms with van der Waals surface area (Å²) >= 11 is 0. The molecule has 118 valence electrons. The standard InChI is InChI=1S/C16H21N3O3/c1-12(20)19-7-4-14-16(11-19,5-8-22-14)15(21)18-10-13-3-2-6-17-9-13/h2-3,6,9,14H,4-5,7-8,10-11H2,1H3,(H,18,21)/t14-,16-/m1/s1. The molecule has 1 aromatic rings. The van der Waals surface area contributed by atoms with Crippen molar-refractivity contribution in [2.75, 3.05) is 19.7 Å². The summed E-state index contributed by atoms with van der Waals surface area (Å²) < 4.78 is 5.75. The smallest absolute Gasteiger partial charge is 0.231 e. The Hall–Kier alpha value is -1.95. The highest BCUT2D eigenvalue weighted by Crippen LogP contribution is 2.41. The molecule has 2 aliphatic heterocycles. The van der Waals surface area contributed by atoms with Crippen LogP contribution in [0, 0.1) is 5.41 Å². The number of nitrogens with zero attached hydrogens (tertiary/aromatic N) is 2. The Bertz CT molecular complexity index is 563. The number of rotatable bonds is 3. The summed E-state index contributed by atoms with van der Waals surface area (Å²) in [6.45, 7) is 3.69. The largest absolute Gasteiger partial charge is 0.377 e. The number of likely N-dealkylation sites (tertiary alicyclic amines) is 1. The number of fused-ring (bicyclic) bond motifs is 1. The fraction of sp³-hybridized carbons (Fsp3) is 0.562. The van der Waals surface area contributed by atoms with Crippen LogP contribution in [0.15, 0.2) is 24.5 Å². The Morgan fingerprint density at radius 3 is 3.14 bits per heavy atom. The minimum atomic E-state index is -0.605. The van der Waals surface area contributed by atoms with Crippen LogP contribution in [-0.4, -0.2) is 47.5 Å². The molecule has 1 N–H and O–H groups in total. The Balaban J connectivity index is 1.71. The minimum Gasteiger partial charge on any atom is -0.377 e. The summed E-state index contributed by atoms with van der Waals surface area (Å²) in [5.74, 6) is -0.00501. The van der Waals surface area contributed by atoms with Crippen molar-refractivity contribution in [3.05, 3.63) is 30.1 Å². The zero-order chi connectivity index (χ0) is 15.6. The highest BCUT2D eigenvalue weighted by atomic mass is 16.5. The van der Waals surface area contributed by atoms with Crippen LogP contribution in [0.5, 0.6) is 0 Å². The van der Waals surface area contributed by atoms with Gasteiger partial charge in [0.1, 0.15) is 0 Å². The second-order valence-corrected chi connectivity index (χ2v) is 6.04. The molecule has 0 unspecified atom stereocenters. The van der Waals surface area contributed by atoms with Gasteiger partial charge in [0, 0.05) is 45.6 Å². The van der Waals surface area contributed by atoms with E-state index in [1.165, 1.54) is 0 Å². The number of piperidine rings is 1. The van der Waals surface area contributed by atoms with Crippen LogP contribution < -0.4 is 5.32 Å². The van der Waals surface area contributed by atoms with Gasteiger partial charge >= 0.3 is 0 Å². The van der Waals surface area contributed by atoms with Gasteiger partial charge in [-0.3, -0.25) is 14.6 Å². The maximum Gasteiger partial charge on any atom is 0.231 e. The molecular formula is C16H21N3O3. The van der Waals surface area contributed by atoms with Gasteiger partial charge in [-0.15, -0.1) is 0 Å². The molecule has 0 aliphatic carbocycles. The number of aromatic nitrogens is 1. The average molecular weight is 303 g/mol. The molecule has 2 saturated heterocycles. The normalized spacial score (nSPS) is 27.3. The summed E-state index contributed by atoms with van der Waals surface area (Å²) in [5.41, 5.74) is 0.355. The Labute approximate surface area is 129 Å². The van der Waals surface area contributed by atoms with Gasteiger partial charge in [-0.25, -0.2) is 0 Å². The van der Waals surface area contributed by atoms with E-state index in [0.29, 0.717) is 32.7 Å². The average Bonchev–Trinajstić information content (AvgIpc) is 2.97. The summed E-state index contributed by atoms with van der Waals surface area (Å²) in [4.78, 5) is 30.3. The monoisotopic (exact) mass is 303 g/mol. The van der Waals surface area contributed by atoms with Gasteiger partial charge in [-0.05, 0) is 24.5 Å². The van der Waals surface area contributed by atoms with Crippen LogP contribution in [0.4, 0.5) is 0 Å². The molecule has 0 spiro atoms. The van der Waals surface area contributed by atoms with Crippen molar-refractivity contribution in [3.63, 3.8) is 0 Å². The van der Waals surface area contributed by atoms with Crippen LogP contribution in [0.2, 0.25) is 0 Å². The van der Waals surface area contributed by atoms with E-state index in [1.54, 1.807) is 24.2 Å². The third-order valence-corrected chi connectivity index (χ3v) is 4.69. The molecular weight excluding hydrogens is 282 g/mol. The molecule has 2 atom stereocenters. The lowest BCUT2D eigenvalue weighted by Crippen LogP contribution is -2.57. The lowest BCUT2D eigenvalue weighted by atomic mass is 9.75. The fourth-order valence-corrected chi connectivity index (χ4v) is 3.40. The Morgan fingerprint density at radius 2 is 2.41 bits per heavy atom. The van der Waals surface area contributed by atoms with Gasteiger partial charge < -0.3 is 15.0 Å². The van der Waals surface area contributed by atoms with E-state index in [4.69, 9.17) is 4.74 Å². The van der Waals surface area contributed by atoms with Crippen molar-refractivity contribution >= 4 is 11.8 Å². The van der Waals surface area contributed by atoms with Crippen LogP contribution in [0.1, 0.15) is 25.3 Å². The molecule has 1 aromatic heterocycles. The van der Waals surface area contributed by atoms with Gasteiger partial charge in [-0.2, -0.15) is 0 Å². The van der Waals surface area contributed by atoms with E-state index in [9.17, 15) is 9.59 Å². The van der Waals surface area contributed by atoms with Crippen molar-refractivity contribution in [3.8, 4) is 0 Å². The molecule has 22 heavy (non-hydrogen) atoms. The van der Waals surface area contributed by atoms with E-state index < -0.39 is 5.41 Å². The third-order valence-electron chi connectivity index (χ3n) is 4.69. The molecule has 6 nitrogen and oxygen atoms in total.